The van der Waals surface area contributed by atoms with E-state index in [2.05, 4.69) is 43.9 Å². The Bertz CT molecular complexity index is 356. The van der Waals surface area contributed by atoms with E-state index in [0.29, 0.717) is 25.9 Å². The first-order valence-electron chi connectivity index (χ1n) is 8.99. The van der Waals surface area contributed by atoms with Crippen LogP contribution in [0.2, 0.25) is 0 Å². The minimum atomic E-state index is -0.181. The highest BCUT2D eigenvalue weighted by Crippen LogP contribution is 1.90. The first-order valence-corrected chi connectivity index (χ1v) is 8.99. The van der Waals surface area contributed by atoms with E-state index in [1.165, 1.54) is 14.2 Å². The van der Waals surface area contributed by atoms with Gasteiger partial charge >= 0.3 is 11.9 Å². The van der Waals surface area contributed by atoms with Crippen molar-refractivity contribution in [2.24, 2.45) is 0 Å². The fourth-order valence-electron chi connectivity index (χ4n) is 2.19. The Kier molecular flexibility index (Phi) is 15.5. The largest absolute Gasteiger partial charge is 0.469 e. The molecular formula is C17H36N4O4. The van der Waals surface area contributed by atoms with Crippen LogP contribution in [-0.4, -0.2) is 102 Å². The molecule has 0 unspecified atom stereocenters. The Morgan fingerprint density at radius 3 is 1.80 bits per heavy atom. The highest BCUT2D eigenvalue weighted by Gasteiger charge is 2.05. The maximum atomic E-state index is 11.0. The molecule has 0 amide bonds. The van der Waals surface area contributed by atoms with Crippen molar-refractivity contribution in [2.45, 2.75) is 19.8 Å². The number of likely N-dealkylation sites (N-methyl/N-ethyl adjacent to an activating group) is 2. The van der Waals surface area contributed by atoms with Crippen molar-refractivity contribution in [3.8, 4) is 0 Å². The summed E-state index contributed by atoms with van der Waals surface area (Å²) >= 11 is 0. The lowest BCUT2D eigenvalue weighted by atomic mass is 10.4. The SMILES string of the molecule is CCN(CCNCCC(=O)OC)CCN(C)CCNCCC(=O)OC. The number of nitrogens with zero attached hydrogens (tertiary/aromatic N) is 2. The van der Waals surface area contributed by atoms with E-state index in [1.54, 1.807) is 0 Å². The molecule has 0 aromatic rings. The smallest absolute Gasteiger partial charge is 0.306 e. The van der Waals surface area contributed by atoms with Gasteiger partial charge in [0, 0.05) is 52.4 Å². The third-order valence-corrected chi connectivity index (χ3v) is 3.99. The minimum Gasteiger partial charge on any atom is -0.469 e. The maximum Gasteiger partial charge on any atom is 0.306 e. The van der Waals surface area contributed by atoms with E-state index in [-0.39, 0.29) is 11.9 Å². The highest BCUT2D eigenvalue weighted by molar-refractivity contribution is 5.69. The van der Waals surface area contributed by atoms with Gasteiger partial charge in [-0.3, -0.25) is 9.59 Å². The van der Waals surface area contributed by atoms with E-state index in [0.717, 1.165) is 45.8 Å². The molecule has 0 saturated carbocycles. The number of nitrogens with one attached hydrogen (secondary N) is 2. The highest BCUT2D eigenvalue weighted by atomic mass is 16.5. The molecule has 0 aromatic carbocycles. The number of ether oxygens (including phenoxy) is 2. The van der Waals surface area contributed by atoms with E-state index in [9.17, 15) is 9.59 Å². The number of hydrogen-bond donors (Lipinski definition) is 2. The van der Waals surface area contributed by atoms with Crippen LogP contribution in [0.3, 0.4) is 0 Å². The van der Waals surface area contributed by atoms with E-state index in [4.69, 9.17) is 0 Å². The zero-order chi connectivity index (χ0) is 18.9. The molecule has 0 spiro atoms. The topological polar surface area (TPSA) is 83.1 Å². The van der Waals surface area contributed by atoms with Crippen LogP contribution in [0, 0.1) is 0 Å². The van der Waals surface area contributed by atoms with Gasteiger partial charge in [0.05, 0.1) is 27.1 Å². The van der Waals surface area contributed by atoms with Gasteiger partial charge in [-0.1, -0.05) is 6.92 Å². The first kappa shape index (κ1) is 23.8. The third-order valence-electron chi connectivity index (χ3n) is 3.99. The molecule has 0 atom stereocenters. The van der Waals surface area contributed by atoms with Crippen molar-refractivity contribution in [3.63, 3.8) is 0 Å². The Labute approximate surface area is 152 Å². The van der Waals surface area contributed by atoms with Gasteiger partial charge < -0.3 is 29.9 Å². The standard InChI is InChI=1S/C17H36N4O4/c1-5-21(13-11-19-9-7-17(23)25-4)15-14-20(2)12-10-18-8-6-16(22)24-3/h18-19H,5-15H2,1-4H3. The molecule has 0 radical (unpaired) electrons. The van der Waals surface area contributed by atoms with E-state index >= 15 is 0 Å². The summed E-state index contributed by atoms with van der Waals surface area (Å²) in [4.78, 5) is 26.7. The van der Waals surface area contributed by atoms with Crippen LogP contribution in [0.5, 0.6) is 0 Å². The second-order valence-electron chi connectivity index (χ2n) is 5.89. The second-order valence-corrected chi connectivity index (χ2v) is 5.89. The van der Waals surface area contributed by atoms with Gasteiger partial charge in [-0.25, -0.2) is 0 Å². The van der Waals surface area contributed by atoms with Crippen LogP contribution in [0.1, 0.15) is 19.8 Å². The predicted molar refractivity (Wildman–Crippen MR) is 98.6 cm³/mol. The molecular weight excluding hydrogens is 324 g/mol. The van der Waals surface area contributed by atoms with Crippen LogP contribution < -0.4 is 10.6 Å². The van der Waals surface area contributed by atoms with Gasteiger partial charge in [-0.05, 0) is 13.6 Å². The fourth-order valence-corrected chi connectivity index (χ4v) is 2.19. The van der Waals surface area contributed by atoms with Gasteiger partial charge in [0.15, 0.2) is 0 Å². The summed E-state index contributed by atoms with van der Waals surface area (Å²) in [5, 5.41) is 6.50. The Hall–Kier alpha value is -1.22. The third kappa shape index (κ3) is 14.8. The quantitative estimate of drug-likeness (QED) is 0.283. The van der Waals surface area contributed by atoms with Crippen LogP contribution in [0.4, 0.5) is 0 Å². The van der Waals surface area contributed by atoms with Gasteiger partial charge in [0.1, 0.15) is 0 Å². The summed E-state index contributed by atoms with van der Waals surface area (Å²) in [6.07, 6.45) is 0.821. The molecule has 0 aliphatic rings. The molecule has 2 N–H and O–H groups in total. The molecule has 8 nitrogen and oxygen atoms in total. The van der Waals surface area contributed by atoms with E-state index in [1.807, 2.05) is 0 Å². The van der Waals surface area contributed by atoms with Crippen molar-refractivity contribution in [3.05, 3.63) is 0 Å². The summed E-state index contributed by atoms with van der Waals surface area (Å²) in [5.41, 5.74) is 0. The van der Waals surface area contributed by atoms with Crippen molar-refractivity contribution in [1.82, 2.24) is 20.4 Å². The number of rotatable bonds is 16. The number of carbonyl (C=O) groups is 2. The summed E-state index contributed by atoms with van der Waals surface area (Å²) in [6, 6.07) is 0. The minimum absolute atomic E-state index is 0.179. The summed E-state index contributed by atoms with van der Waals surface area (Å²) in [7, 11) is 4.92. The molecule has 0 rings (SSSR count). The average Bonchev–Trinajstić information content (AvgIpc) is 2.62. The lowest BCUT2D eigenvalue weighted by Crippen LogP contribution is -2.39. The maximum absolute atomic E-state index is 11.0. The predicted octanol–water partition coefficient (Wildman–Crippen LogP) is -0.454. The first-order chi connectivity index (χ1) is 12.0. The van der Waals surface area contributed by atoms with Gasteiger partial charge in [0.2, 0.25) is 0 Å². The zero-order valence-corrected chi connectivity index (χ0v) is 16.3. The Morgan fingerprint density at radius 2 is 1.32 bits per heavy atom. The molecule has 0 aliphatic carbocycles. The molecule has 8 heteroatoms. The van der Waals surface area contributed by atoms with Gasteiger partial charge in [-0.2, -0.15) is 0 Å². The molecule has 25 heavy (non-hydrogen) atoms. The van der Waals surface area contributed by atoms with Crippen molar-refractivity contribution < 1.29 is 19.1 Å². The fraction of sp³-hybridized carbons (Fsp3) is 0.882. The monoisotopic (exact) mass is 360 g/mol. The number of hydrogen-bond acceptors (Lipinski definition) is 8. The van der Waals surface area contributed by atoms with Crippen molar-refractivity contribution >= 4 is 11.9 Å². The Morgan fingerprint density at radius 1 is 0.800 bits per heavy atom. The molecule has 0 heterocycles. The normalized spacial score (nSPS) is 11.1. The molecule has 0 aromatic heterocycles. The van der Waals surface area contributed by atoms with Crippen molar-refractivity contribution in [2.75, 3.05) is 80.2 Å². The summed E-state index contributed by atoms with van der Waals surface area (Å²) in [5.74, 6) is -0.360. The zero-order valence-electron chi connectivity index (χ0n) is 16.3. The summed E-state index contributed by atoms with van der Waals surface area (Å²) in [6.45, 7) is 10.1. The van der Waals surface area contributed by atoms with E-state index < -0.39 is 0 Å². The number of methoxy groups -OCH3 is 2. The molecule has 0 aliphatic heterocycles. The molecule has 0 saturated heterocycles. The Balaban J connectivity index is 3.62. The molecule has 0 fully saturated rings. The van der Waals surface area contributed by atoms with Crippen LogP contribution in [0.25, 0.3) is 0 Å². The van der Waals surface area contributed by atoms with Gasteiger partial charge in [0.25, 0.3) is 0 Å². The van der Waals surface area contributed by atoms with Gasteiger partial charge in [-0.15, -0.1) is 0 Å². The lowest BCUT2D eigenvalue weighted by molar-refractivity contribution is -0.141. The number of esters is 2. The number of carbonyl (C=O) groups excluding carboxylic acids is 2. The molecule has 148 valence electrons. The van der Waals surface area contributed by atoms with Crippen LogP contribution >= 0.6 is 0 Å². The summed E-state index contributed by atoms with van der Waals surface area (Å²) < 4.78 is 9.20. The van der Waals surface area contributed by atoms with Crippen molar-refractivity contribution in [1.29, 1.82) is 0 Å². The lowest BCUT2D eigenvalue weighted by Gasteiger charge is -2.24. The van der Waals surface area contributed by atoms with Crippen LogP contribution in [-0.2, 0) is 19.1 Å². The second kappa shape index (κ2) is 16.3. The average molecular weight is 360 g/mol. The van der Waals surface area contributed by atoms with Crippen LogP contribution in [0.15, 0.2) is 0 Å². The molecule has 0 bridgehead atoms.